The van der Waals surface area contributed by atoms with Crippen LogP contribution in [0.15, 0.2) is 72.8 Å². The van der Waals surface area contributed by atoms with Gasteiger partial charge in [-0.25, -0.2) is 4.39 Å². The lowest BCUT2D eigenvalue weighted by molar-refractivity contribution is 0.0948. The van der Waals surface area contributed by atoms with Gasteiger partial charge in [0.2, 0.25) is 0 Å². The molecule has 0 unspecified atom stereocenters. The zero-order valence-corrected chi connectivity index (χ0v) is 17.4. The predicted octanol–water partition coefficient (Wildman–Crippen LogP) is 6.27. The van der Waals surface area contributed by atoms with Gasteiger partial charge in [-0.3, -0.25) is 4.79 Å². The molecule has 2 nitrogen and oxygen atoms in total. The maximum atomic E-state index is 13.6. The number of nitrogens with zero attached hydrogens (tertiary/aromatic N) is 1. The molecule has 0 saturated heterocycles. The van der Waals surface area contributed by atoms with Gasteiger partial charge in [0.05, 0.1) is 0 Å². The maximum Gasteiger partial charge on any atom is 0.258 e. The lowest BCUT2D eigenvalue weighted by Gasteiger charge is -2.51. The van der Waals surface area contributed by atoms with Crippen LogP contribution in [0.3, 0.4) is 0 Å². The fourth-order valence-electron chi connectivity index (χ4n) is 4.83. The minimum absolute atomic E-state index is 0.100. The molecule has 0 bridgehead atoms. The van der Waals surface area contributed by atoms with E-state index in [1.54, 1.807) is 12.1 Å². The summed E-state index contributed by atoms with van der Waals surface area (Å²) in [4.78, 5) is 15.4. The molecule has 1 heterocycles. The highest BCUT2D eigenvalue weighted by atomic mass is 19.1. The Hall–Kier alpha value is -2.94. The molecule has 0 radical (unpaired) electrons. The second kappa shape index (κ2) is 6.84. The van der Waals surface area contributed by atoms with E-state index in [2.05, 4.69) is 63.2 Å². The van der Waals surface area contributed by atoms with E-state index in [0.717, 1.165) is 23.2 Å². The number of hydrogen-bond donors (Lipinski definition) is 0. The highest BCUT2D eigenvalue weighted by Crippen LogP contribution is 2.51. The molecule has 0 N–H and O–H groups in total. The van der Waals surface area contributed by atoms with E-state index in [1.807, 2.05) is 17.9 Å². The van der Waals surface area contributed by atoms with E-state index in [9.17, 15) is 9.18 Å². The molecule has 3 aromatic rings. The summed E-state index contributed by atoms with van der Waals surface area (Å²) in [7, 11) is 0. The molecular weight excluding hydrogens is 361 g/mol. The minimum Gasteiger partial charge on any atom is -0.302 e. The molecule has 0 spiro atoms. The molecule has 3 heteroatoms. The van der Waals surface area contributed by atoms with Crippen molar-refractivity contribution in [3.8, 4) is 0 Å². The summed E-state index contributed by atoms with van der Waals surface area (Å²) >= 11 is 0. The van der Waals surface area contributed by atoms with Gasteiger partial charge in [0, 0.05) is 22.2 Å². The van der Waals surface area contributed by atoms with Crippen LogP contribution in [0.25, 0.3) is 0 Å². The average molecular weight is 387 g/mol. The van der Waals surface area contributed by atoms with Crippen molar-refractivity contribution in [3.63, 3.8) is 0 Å². The first-order valence-electron chi connectivity index (χ1n) is 9.99. The van der Waals surface area contributed by atoms with Crippen molar-refractivity contribution in [2.24, 2.45) is 0 Å². The van der Waals surface area contributed by atoms with E-state index < -0.39 is 5.54 Å². The van der Waals surface area contributed by atoms with Crippen LogP contribution in [0, 0.1) is 12.7 Å². The van der Waals surface area contributed by atoms with Gasteiger partial charge in [0.1, 0.15) is 5.82 Å². The largest absolute Gasteiger partial charge is 0.302 e. The summed E-state index contributed by atoms with van der Waals surface area (Å²) in [5, 5.41) is 0. The lowest BCUT2D eigenvalue weighted by Crippen LogP contribution is -2.55. The van der Waals surface area contributed by atoms with Gasteiger partial charge in [-0.1, -0.05) is 49.4 Å². The number of carbonyl (C=O) groups excluding carboxylic acids is 1. The third-order valence-electron chi connectivity index (χ3n) is 6.09. The van der Waals surface area contributed by atoms with Crippen LogP contribution in [0.2, 0.25) is 0 Å². The van der Waals surface area contributed by atoms with E-state index in [-0.39, 0.29) is 17.1 Å². The summed E-state index contributed by atoms with van der Waals surface area (Å²) in [5.74, 6) is -0.440. The molecule has 1 amide bonds. The summed E-state index contributed by atoms with van der Waals surface area (Å²) in [5.41, 5.74) is 4.28. The highest BCUT2D eigenvalue weighted by Gasteiger charge is 2.47. The first-order chi connectivity index (χ1) is 13.7. The van der Waals surface area contributed by atoms with E-state index in [0.29, 0.717) is 5.56 Å². The number of benzene rings is 3. The summed E-state index contributed by atoms with van der Waals surface area (Å²) in [6, 6.07) is 22.7. The Labute approximate surface area is 172 Å². The molecule has 1 atom stereocenters. The normalized spacial score (nSPS) is 20.2. The van der Waals surface area contributed by atoms with Gasteiger partial charge in [0.25, 0.3) is 5.91 Å². The Balaban J connectivity index is 1.91. The second-order valence-electron chi connectivity index (χ2n) is 8.86. The topological polar surface area (TPSA) is 20.3 Å². The Kier molecular flexibility index (Phi) is 4.57. The predicted molar refractivity (Wildman–Crippen MR) is 116 cm³/mol. The molecule has 29 heavy (non-hydrogen) atoms. The number of amides is 1. The van der Waals surface area contributed by atoms with Gasteiger partial charge in [-0.15, -0.1) is 0 Å². The monoisotopic (exact) mass is 387 g/mol. The third-order valence-corrected chi connectivity index (χ3v) is 6.09. The van der Waals surface area contributed by atoms with Crippen LogP contribution < -0.4 is 4.90 Å². The zero-order chi connectivity index (χ0) is 20.8. The number of carbonyl (C=O) groups is 1. The molecular formula is C26H26FNO. The third kappa shape index (κ3) is 3.25. The summed E-state index contributed by atoms with van der Waals surface area (Å²) < 4.78 is 13.4. The minimum atomic E-state index is -0.420. The van der Waals surface area contributed by atoms with Crippen molar-refractivity contribution in [2.45, 2.75) is 45.1 Å². The van der Waals surface area contributed by atoms with E-state index in [4.69, 9.17) is 0 Å². The van der Waals surface area contributed by atoms with Gasteiger partial charge in [-0.2, -0.15) is 0 Å². The van der Waals surface area contributed by atoms with Gasteiger partial charge in [0.15, 0.2) is 0 Å². The van der Waals surface area contributed by atoms with E-state index >= 15 is 0 Å². The number of hydrogen-bond acceptors (Lipinski definition) is 1. The number of halogens is 1. The number of rotatable bonds is 2. The Morgan fingerprint density at radius 3 is 2.24 bits per heavy atom. The molecule has 4 rings (SSSR count). The number of anilines is 1. The summed E-state index contributed by atoms with van der Waals surface area (Å²) in [6.45, 7) is 8.53. The SMILES string of the molecule is Cc1ccc2c(c1)N(C(=O)c1ccc(F)cc1)C(C)(C)C[C@]2(C)c1ccccc1. The molecule has 3 aromatic carbocycles. The van der Waals surface area contributed by atoms with Crippen LogP contribution in [-0.4, -0.2) is 11.4 Å². The number of fused-ring (bicyclic) bond motifs is 1. The molecule has 1 aliphatic rings. The Bertz CT molecular complexity index is 1060. The first kappa shape index (κ1) is 19.4. The quantitative estimate of drug-likeness (QED) is 0.507. The van der Waals surface area contributed by atoms with Crippen molar-refractivity contribution < 1.29 is 9.18 Å². The van der Waals surface area contributed by atoms with Crippen molar-refractivity contribution in [1.29, 1.82) is 0 Å². The van der Waals surface area contributed by atoms with Crippen LogP contribution >= 0.6 is 0 Å². The van der Waals surface area contributed by atoms with Crippen LogP contribution in [0.1, 0.15) is 54.2 Å². The summed E-state index contributed by atoms with van der Waals surface area (Å²) in [6.07, 6.45) is 0.785. The number of aryl methyl sites for hydroxylation is 1. The lowest BCUT2D eigenvalue weighted by atomic mass is 9.65. The Morgan fingerprint density at radius 2 is 1.59 bits per heavy atom. The molecule has 0 saturated carbocycles. The first-order valence-corrected chi connectivity index (χ1v) is 9.99. The molecule has 148 valence electrons. The van der Waals surface area contributed by atoms with E-state index in [1.165, 1.54) is 17.7 Å². The molecule has 0 aliphatic carbocycles. The van der Waals surface area contributed by atoms with Crippen molar-refractivity contribution >= 4 is 11.6 Å². The van der Waals surface area contributed by atoms with Crippen LogP contribution in [0.5, 0.6) is 0 Å². The smallest absolute Gasteiger partial charge is 0.258 e. The van der Waals surface area contributed by atoms with Gasteiger partial charge in [-0.05, 0) is 74.2 Å². The zero-order valence-electron chi connectivity index (χ0n) is 17.4. The molecule has 0 aromatic heterocycles. The fourth-order valence-corrected chi connectivity index (χ4v) is 4.83. The fraction of sp³-hybridized carbons (Fsp3) is 0.269. The maximum absolute atomic E-state index is 13.6. The van der Waals surface area contributed by atoms with Crippen LogP contribution in [0.4, 0.5) is 10.1 Å². The Morgan fingerprint density at radius 1 is 0.931 bits per heavy atom. The van der Waals surface area contributed by atoms with Crippen molar-refractivity contribution in [3.05, 3.63) is 101 Å². The van der Waals surface area contributed by atoms with Crippen molar-refractivity contribution in [2.75, 3.05) is 4.90 Å². The molecule has 0 fully saturated rings. The second-order valence-corrected chi connectivity index (χ2v) is 8.86. The van der Waals surface area contributed by atoms with Gasteiger partial charge >= 0.3 is 0 Å². The van der Waals surface area contributed by atoms with Crippen LogP contribution in [-0.2, 0) is 5.41 Å². The molecule has 1 aliphatic heterocycles. The van der Waals surface area contributed by atoms with Gasteiger partial charge < -0.3 is 4.90 Å². The highest BCUT2D eigenvalue weighted by molar-refractivity contribution is 6.08. The van der Waals surface area contributed by atoms with Crippen molar-refractivity contribution in [1.82, 2.24) is 0 Å². The average Bonchev–Trinajstić information content (AvgIpc) is 2.68. The standard InChI is InChI=1S/C26H26FNO/c1-18-10-15-22-23(16-18)28(24(29)19-11-13-21(27)14-12-19)25(2,3)17-26(22,4)20-8-6-5-7-9-20/h5-16H,17H2,1-4H3/t26-/m1/s1.